The molecule has 0 aliphatic carbocycles. The fourth-order valence-electron chi connectivity index (χ4n) is 1.11. The number of hydroxylamine groups is 2. The normalized spacial score (nSPS) is 15.4. The molecule has 0 radical (unpaired) electrons. The van der Waals surface area contributed by atoms with E-state index < -0.39 is 5.91 Å². The highest BCUT2D eigenvalue weighted by molar-refractivity contribution is 5.80. The van der Waals surface area contributed by atoms with Crippen LogP contribution in [0.25, 0.3) is 0 Å². The molecule has 0 N–H and O–H groups in total. The van der Waals surface area contributed by atoms with Gasteiger partial charge in [0, 0.05) is 5.56 Å². The van der Waals surface area contributed by atoms with Crippen LogP contribution in [0.1, 0.15) is 5.56 Å². The molecule has 2 rings (SSSR count). The Hall–Kier alpha value is -1.55. The summed E-state index contributed by atoms with van der Waals surface area (Å²) in [5, 5.41) is 10.7. The minimum absolute atomic E-state index is 0.0162. The molecule has 1 aliphatic rings. The van der Waals surface area contributed by atoms with Crippen molar-refractivity contribution in [3.8, 4) is 5.75 Å². The molecule has 0 bridgehead atoms. The zero-order valence-electron chi connectivity index (χ0n) is 6.19. The maximum absolute atomic E-state index is 10.8. The maximum atomic E-state index is 10.8. The highest BCUT2D eigenvalue weighted by Crippen LogP contribution is 2.23. The SMILES string of the molecule is O=C1Cc2ccccc2ON1[O-]. The average Bonchev–Trinajstić information content (AvgIpc) is 2.07. The van der Waals surface area contributed by atoms with Crippen LogP contribution >= 0.6 is 0 Å². The van der Waals surface area contributed by atoms with Crippen LogP contribution in [0.5, 0.6) is 5.75 Å². The summed E-state index contributed by atoms with van der Waals surface area (Å²) in [6, 6.07) is 6.98. The standard InChI is InChI=1S/C8H6NO3/c10-8-5-6-3-1-2-4-7(6)12-9(8)11/h1-4H,5H2/q-1. The first-order valence-electron chi connectivity index (χ1n) is 3.53. The van der Waals surface area contributed by atoms with Gasteiger partial charge in [-0.05, 0) is 6.07 Å². The molecule has 62 valence electrons. The molecule has 0 fully saturated rings. The molecular weight excluding hydrogens is 158 g/mol. The first kappa shape index (κ1) is 7.12. The Morgan fingerprint density at radius 3 is 3.00 bits per heavy atom. The van der Waals surface area contributed by atoms with E-state index in [0.29, 0.717) is 5.75 Å². The van der Waals surface area contributed by atoms with E-state index >= 15 is 0 Å². The minimum Gasteiger partial charge on any atom is -0.721 e. The van der Waals surface area contributed by atoms with Gasteiger partial charge in [0.05, 0.1) is 6.42 Å². The summed E-state index contributed by atoms with van der Waals surface area (Å²) in [7, 11) is 0. The van der Waals surface area contributed by atoms with Crippen LogP contribution in [0.4, 0.5) is 0 Å². The number of rotatable bonds is 0. The van der Waals surface area contributed by atoms with Gasteiger partial charge in [0.25, 0.3) is 0 Å². The van der Waals surface area contributed by atoms with E-state index in [9.17, 15) is 10.0 Å². The Morgan fingerprint density at radius 1 is 1.42 bits per heavy atom. The summed E-state index contributed by atoms with van der Waals surface area (Å²) in [5.41, 5.74) is 0.759. The van der Waals surface area contributed by atoms with Gasteiger partial charge < -0.3 is 10.0 Å². The summed E-state index contributed by atoms with van der Waals surface area (Å²) in [4.78, 5) is 15.5. The lowest BCUT2D eigenvalue weighted by atomic mass is 10.1. The maximum Gasteiger partial charge on any atom is 0.249 e. The number of fused-ring (bicyclic) bond motifs is 1. The van der Waals surface area contributed by atoms with Gasteiger partial charge in [0.1, 0.15) is 0 Å². The summed E-state index contributed by atoms with van der Waals surface area (Å²) in [6.45, 7) is 0. The minimum atomic E-state index is -0.561. The van der Waals surface area contributed by atoms with Crippen LogP contribution in [0.2, 0.25) is 0 Å². The van der Waals surface area contributed by atoms with Gasteiger partial charge in [-0.15, -0.1) is 0 Å². The van der Waals surface area contributed by atoms with Gasteiger partial charge in [0.2, 0.25) is 5.91 Å². The van der Waals surface area contributed by atoms with Gasteiger partial charge in [-0.3, -0.25) is 4.79 Å². The van der Waals surface area contributed by atoms with Crippen LogP contribution in [-0.4, -0.2) is 11.1 Å². The van der Waals surface area contributed by atoms with Crippen LogP contribution in [0, 0.1) is 5.21 Å². The van der Waals surface area contributed by atoms with Crippen molar-refractivity contribution in [1.82, 2.24) is 5.23 Å². The number of carbonyl (C=O) groups is 1. The molecular formula is C8H6NO3-. The first-order valence-corrected chi connectivity index (χ1v) is 3.53. The number of nitrogens with zero attached hydrogens (tertiary/aromatic N) is 1. The van der Waals surface area contributed by atoms with Crippen molar-refractivity contribution in [1.29, 1.82) is 0 Å². The lowest BCUT2D eigenvalue weighted by Crippen LogP contribution is -2.33. The van der Waals surface area contributed by atoms with Gasteiger partial charge in [-0.2, -0.15) is 0 Å². The molecule has 0 atom stereocenters. The fourth-order valence-corrected chi connectivity index (χ4v) is 1.11. The zero-order valence-corrected chi connectivity index (χ0v) is 6.19. The number of para-hydroxylation sites is 1. The second kappa shape index (κ2) is 2.49. The fraction of sp³-hybridized carbons (Fsp3) is 0.125. The molecule has 0 aromatic heterocycles. The summed E-state index contributed by atoms with van der Waals surface area (Å²) >= 11 is 0. The monoisotopic (exact) mass is 164 g/mol. The highest BCUT2D eigenvalue weighted by Gasteiger charge is 2.17. The molecule has 4 heteroatoms. The van der Waals surface area contributed by atoms with Crippen LogP contribution in [0.3, 0.4) is 0 Å². The van der Waals surface area contributed by atoms with E-state index in [-0.39, 0.29) is 11.6 Å². The Kier molecular flexibility index (Phi) is 1.48. The van der Waals surface area contributed by atoms with Crippen LogP contribution in [0.15, 0.2) is 24.3 Å². The summed E-state index contributed by atoms with van der Waals surface area (Å²) < 4.78 is 0. The predicted octanol–water partition coefficient (Wildman–Crippen LogP) is 0.863. The molecule has 0 unspecified atom stereocenters. The molecule has 1 amide bonds. The third-order valence-corrected chi connectivity index (χ3v) is 1.70. The van der Waals surface area contributed by atoms with Crippen molar-refractivity contribution in [3.63, 3.8) is 0 Å². The van der Waals surface area contributed by atoms with E-state index in [0.717, 1.165) is 5.56 Å². The van der Waals surface area contributed by atoms with Crippen molar-refractivity contribution in [2.24, 2.45) is 0 Å². The molecule has 1 aliphatic heterocycles. The predicted molar refractivity (Wildman–Crippen MR) is 41.0 cm³/mol. The number of amides is 1. The third kappa shape index (κ3) is 1.02. The largest absolute Gasteiger partial charge is 0.721 e. The molecule has 1 aromatic rings. The van der Waals surface area contributed by atoms with Gasteiger partial charge in [-0.1, -0.05) is 18.2 Å². The Morgan fingerprint density at radius 2 is 2.17 bits per heavy atom. The Bertz CT molecular complexity index is 324. The molecule has 4 nitrogen and oxygen atoms in total. The third-order valence-electron chi connectivity index (χ3n) is 1.70. The van der Waals surface area contributed by atoms with Crippen molar-refractivity contribution >= 4 is 5.91 Å². The molecule has 12 heavy (non-hydrogen) atoms. The van der Waals surface area contributed by atoms with Crippen molar-refractivity contribution in [2.45, 2.75) is 6.42 Å². The van der Waals surface area contributed by atoms with E-state index in [1.54, 1.807) is 24.3 Å². The van der Waals surface area contributed by atoms with Crippen molar-refractivity contribution in [2.75, 3.05) is 0 Å². The van der Waals surface area contributed by atoms with Crippen LogP contribution in [-0.2, 0) is 11.2 Å². The number of benzene rings is 1. The smallest absolute Gasteiger partial charge is 0.249 e. The lowest BCUT2D eigenvalue weighted by Gasteiger charge is -2.31. The molecule has 0 spiro atoms. The van der Waals surface area contributed by atoms with Gasteiger partial charge in [-0.25, -0.2) is 5.23 Å². The van der Waals surface area contributed by atoms with E-state index in [2.05, 4.69) is 4.84 Å². The van der Waals surface area contributed by atoms with E-state index in [4.69, 9.17) is 0 Å². The number of carbonyl (C=O) groups excluding carboxylic acids is 1. The average molecular weight is 164 g/mol. The van der Waals surface area contributed by atoms with E-state index in [1.807, 2.05) is 0 Å². The number of hydrogen-bond acceptors (Lipinski definition) is 3. The Balaban J connectivity index is 2.40. The Labute approximate surface area is 68.9 Å². The molecule has 0 saturated heterocycles. The zero-order chi connectivity index (χ0) is 8.55. The van der Waals surface area contributed by atoms with Crippen LogP contribution < -0.4 is 4.84 Å². The van der Waals surface area contributed by atoms with Gasteiger partial charge in [0.15, 0.2) is 5.75 Å². The molecule has 0 saturated carbocycles. The second-order valence-electron chi connectivity index (χ2n) is 2.53. The molecule has 1 heterocycles. The quantitative estimate of drug-likeness (QED) is 0.571. The van der Waals surface area contributed by atoms with Gasteiger partial charge >= 0.3 is 0 Å². The molecule has 1 aromatic carbocycles. The van der Waals surface area contributed by atoms with E-state index in [1.165, 1.54) is 0 Å². The topological polar surface area (TPSA) is 52.6 Å². The highest BCUT2D eigenvalue weighted by atomic mass is 16.9. The number of hydrogen-bond donors (Lipinski definition) is 0. The van der Waals surface area contributed by atoms with Crippen molar-refractivity contribution < 1.29 is 9.63 Å². The second-order valence-corrected chi connectivity index (χ2v) is 2.53. The van der Waals surface area contributed by atoms with Crippen molar-refractivity contribution in [3.05, 3.63) is 35.0 Å². The summed E-state index contributed by atoms with van der Waals surface area (Å²) in [6.07, 6.45) is 0.125. The summed E-state index contributed by atoms with van der Waals surface area (Å²) in [5.74, 6) is -0.0965. The first-order chi connectivity index (χ1) is 5.77. The lowest BCUT2D eigenvalue weighted by molar-refractivity contribution is -0.150.